The molecule has 0 aliphatic carbocycles. The lowest BCUT2D eigenvalue weighted by molar-refractivity contribution is 0.102. The van der Waals surface area contributed by atoms with E-state index in [0.717, 1.165) is 22.5 Å². The number of amides is 1. The van der Waals surface area contributed by atoms with Gasteiger partial charge < -0.3 is 15.7 Å². The molecule has 1 amide bonds. The number of aromatic hydroxyl groups is 1. The van der Waals surface area contributed by atoms with E-state index in [1.54, 1.807) is 36.7 Å². The Kier molecular flexibility index (Phi) is 5.34. The molecule has 0 aliphatic heterocycles. The zero-order chi connectivity index (χ0) is 20.9. The van der Waals surface area contributed by atoms with E-state index in [0.29, 0.717) is 17.1 Å². The van der Waals surface area contributed by atoms with E-state index < -0.39 is 0 Å². The van der Waals surface area contributed by atoms with E-state index in [9.17, 15) is 9.90 Å². The molecule has 0 unspecified atom stereocenters. The minimum absolute atomic E-state index is 0.143. The molecule has 0 radical (unpaired) electrons. The SMILES string of the molecule is Cc1ccc(C(=O)Nc2ccc(O)cc2)cc1Nc1ncccc1-c1ccncn1. The fraction of sp³-hybridized carbons (Fsp3) is 0.0435. The number of nitrogens with zero attached hydrogens (tertiary/aromatic N) is 3. The van der Waals surface area contributed by atoms with Gasteiger partial charge in [0.2, 0.25) is 0 Å². The Morgan fingerprint density at radius 2 is 1.80 bits per heavy atom. The molecule has 3 N–H and O–H groups in total. The summed E-state index contributed by atoms with van der Waals surface area (Å²) < 4.78 is 0. The third-order valence-electron chi connectivity index (χ3n) is 4.54. The summed E-state index contributed by atoms with van der Waals surface area (Å²) in [6.07, 6.45) is 4.87. The molecule has 2 aromatic heterocycles. The lowest BCUT2D eigenvalue weighted by atomic mass is 10.1. The highest BCUT2D eigenvalue weighted by Crippen LogP contribution is 2.28. The molecule has 0 aliphatic rings. The summed E-state index contributed by atoms with van der Waals surface area (Å²) in [6, 6.07) is 17.3. The van der Waals surface area contributed by atoms with Crippen molar-refractivity contribution in [3.05, 3.63) is 90.5 Å². The summed E-state index contributed by atoms with van der Waals surface area (Å²) in [5, 5.41) is 15.5. The molecule has 148 valence electrons. The Hall–Kier alpha value is -4.26. The van der Waals surface area contributed by atoms with Gasteiger partial charge in [-0.05, 0) is 67.1 Å². The maximum absolute atomic E-state index is 12.7. The number of aryl methyl sites for hydroxylation is 1. The highest BCUT2D eigenvalue weighted by Gasteiger charge is 2.12. The number of phenols is 1. The second-order valence-corrected chi connectivity index (χ2v) is 6.65. The van der Waals surface area contributed by atoms with Crippen LogP contribution in [0.1, 0.15) is 15.9 Å². The highest BCUT2D eigenvalue weighted by atomic mass is 16.3. The lowest BCUT2D eigenvalue weighted by Crippen LogP contribution is -2.12. The topological polar surface area (TPSA) is 100 Å². The number of phenolic OH excluding ortho intramolecular Hbond substituents is 1. The summed E-state index contributed by atoms with van der Waals surface area (Å²) in [5.74, 6) is 0.529. The quantitative estimate of drug-likeness (QED) is 0.427. The zero-order valence-corrected chi connectivity index (χ0v) is 16.2. The summed E-state index contributed by atoms with van der Waals surface area (Å²) in [5.41, 5.74) is 4.41. The predicted octanol–water partition coefficient (Wildman–Crippen LogP) is 4.55. The van der Waals surface area contributed by atoms with Crippen LogP contribution < -0.4 is 10.6 Å². The largest absolute Gasteiger partial charge is 0.508 e. The van der Waals surface area contributed by atoms with Gasteiger partial charge in [0.1, 0.15) is 17.9 Å². The standard InChI is InChI=1S/C23H19N5O2/c1-15-4-5-16(23(30)27-17-6-8-18(29)9-7-17)13-21(15)28-22-19(3-2-11-25-22)20-10-12-24-14-26-20/h2-14,29H,1H3,(H,25,28)(H,27,30). The van der Waals surface area contributed by atoms with E-state index >= 15 is 0 Å². The van der Waals surface area contributed by atoms with Crippen LogP contribution in [-0.4, -0.2) is 26.0 Å². The highest BCUT2D eigenvalue weighted by molar-refractivity contribution is 6.05. The summed E-state index contributed by atoms with van der Waals surface area (Å²) >= 11 is 0. The molecule has 0 spiro atoms. The van der Waals surface area contributed by atoms with Gasteiger partial charge in [0.25, 0.3) is 5.91 Å². The van der Waals surface area contributed by atoms with Gasteiger partial charge in [0.15, 0.2) is 0 Å². The molecule has 7 nitrogen and oxygen atoms in total. The maximum atomic E-state index is 12.7. The van der Waals surface area contributed by atoms with E-state index in [2.05, 4.69) is 25.6 Å². The molecule has 30 heavy (non-hydrogen) atoms. The molecule has 0 bridgehead atoms. The molecule has 0 saturated carbocycles. The van der Waals surface area contributed by atoms with Crippen molar-refractivity contribution in [3.63, 3.8) is 0 Å². The van der Waals surface area contributed by atoms with Crippen LogP contribution in [0.5, 0.6) is 5.75 Å². The van der Waals surface area contributed by atoms with Crippen LogP contribution in [0, 0.1) is 6.92 Å². The Morgan fingerprint density at radius 3 is 2.57 bits per heavy atom. The molecule has 0 atom stereocenters. The van der Waals surface area contributed by atoms with E-state index in [-0.39, 0.29) is 11.7 Å². The van der Waals surface area contributed by atoms with Crippen molar-refractivity contribution in [2.24, 2.45) is 0 Å². The number of hydrogen-bond donors (Lipinski definition) is 3. The van der Waals surface area contributed by atoms with Crippen molar-refractivity contribution in [2.75, 3.05) is 10.6 Å². The Morgan fingerprint density at radius 1 is 0.967 bits per heavy atom. The number of aromatic nitrogens is 3. The number of pyridine rings is 1. The van der Waals surface area contributed by atoms with Gasteiger partial charge in [-0.2, -0.15) is 0 Å². The second-order valence-electron chi connectivity index (χ2n) is 6.65. The normalized spacial score (nSPS) is 10.4. The number of anilines is 3. The van der Waals surface area contributed by atoms with Gasteiger partial charge in [0, 0.05) is 34.9 Å². The monoisotopic (exact) mass is 397 g/mol. The molecule has 4 aromatic rings. The molecule has 2 aromatic carbocycles. The third kappa shape index (κ3) is 4.25. The van der Waals surface area contributed by atoms with Crippen LogP contribution in [0.25, 0.3) is 11.3 Å². The molecule has 0 saturated heterocycles. The molecule has 4 rings (SSSR count). The smallest absolute Gasteiger partial charge is 0.255 e. The fourth-order valence-electron chi connectivity index (χ4n) is 2.94. The van der Waals surface area contributed by atoms with Crippen molar-refractivity contribution in [1.29, 1.82) is 0 Å². The predicted molar refractivity (Wildman–Crippen MR) is 116 cm³/mol. The maximum Gasteiger partial charge on any atom is 0.255 e. The van der Waals surface area contributed by atoms with Crippen LogP contribution >= 0.6 is 0 Å². The molecule has 2 heterocycles. The van der Waals surface area contributed by atoms with E-state index in [4.69, 9.17) is 0 Å². The Bertz CT molecular complexity index is 1180. The first-order chi connectivity index (χ1) is 14.6. The minimum Gasteiger partial charge on any atom is -0.508 e. The third-order valence-corrected chi connectivity index (χ3v) is 4.54. The summed E-state index contributed by atoms with van der Waals surface area (Å²) in [4.78, 5) is 25.4. The summed E-state index contributed by atoms with van der Waals surface area (Å²) in [7, 11) is 0. The van der Waals surface area contributed by atoms with Crippen LogP contribution in [-0.2, 0) is 0 Å². The first-order valence-corrected chi connectivity index (χ1v) is 9.29. The van der Waals surface area contributed by atoms with Gasteiger partial charge in [-0.25, -0.2) is 15.0 Å². The van der Waals surface area contributed by atoms with Crippen molar-refractivity contribution in [1.82, 2.24) is 15.0 Å². The number of carbonyl (C=O) groups is 1. The first-order valence-electron chi connectivity index (χ1n) is 9.29. The van der Waals surface area contributed by atoms with Gasteiger partial charge in [-0.15, -0.1) is 0 Å². The molecule has 0 fully saturated rings. The van der Waals surface area contributed by atoms with Crippen molar-refractivity contribution in [2.45, 2.75) is 6.92 Å². The van der Waals surface area contributed by atoms with Crippen molar-refractivity contribution in [3.8, 4) is 17.0 Å². The fourth-order valence-corrected chi connectivity index (χ4v) is 2.94. The van der Waals surface area contributed by atoms with Gasteiger partial charge in [0.05, 0.1) is 5.69 Å². The van der Waals surface area contributed by atoms with E-state index in [1.165, 1.54) is 18.5 Å². The van der Waals surface area contributed by atoms with Gasteiger partial charge >= 0.3 is 0 Å². The van der Waals surface area contributed by atoms with Crippen molar-refractivity contribution >= 4 is 23.1 Å². The van der Waals surface area contributed by atoms with Crippen LogP contribution in [0.15, 0.2) is 79.4 Å². The minimum atomic E-state index is -0.249. The number of nitrogens with one attached hydrogen (secondary N) is 2. The first kappa shape index (κ1) is 19.1. The van der Waals surface area contributed by atoms with Gasteiger partial charge in [-0.1, -0.05) is 6.07 Å². The second kappa shape index (κ2) is 8.40. The average Bonchev–Trinajstić information content (AvgIpc) is 2.78. The Balaban J connectivity index is 1.60. The summed E-state index contributed by atoms with van der Waals surface area (Å²) in [6.45, 7) is 1.96. The average molecular weight is 397 g/mol. The van der Waals surface area contributed by atoms with Gasteiger partial charge in [-0.3, -0.25) is 4.79 Å². The molecular weight excluding hydrogens is 378 g/mol. The number of carbonyl (C=O) groups excluding carboxylic acids is 1. The van der Waals surface area contributed by atoms with Crippen molar-refractivity contribution < 1.29 is 9.90 Å². The van der Waals surface area contributed by atoms with Crippen LogP contribution in [0.3, 0.4) is 0 Å². The number of rotatable bonds is 5. The van der Waals surface area contributed by atoms with Crippen LogP contribution in [0.4, 0.5) is 17.2 Å². The lowest BCUT2D eigenvalue weighted by Gasteiger charge is -2.14. The van der Waals surface area contributed by atoms with Crippen LogP contribution in [0.2, 0.25) is 0 Å². The Labute approximate surface area is 173 Å². The number of benzene rings is 2. The molecule has 7 heteroatoms. The number of hydrogen-bond acceptors (Lipinski definition) is 6. The van der Waals surface area contributed by atoms with E-state index in [1.807, 2.05) is 31.2 Å². The zero-order valence-electron chi connectivity index (χ0n) is 16.2. The molecular formula is C23H19N5O2.